The van der Waals surface area contributed by atoms with Gasteiger partial charge in [0.15, 0.2) is 6.23 Å². The molecule has 1 rings (SSSR count). The van der Waals surface area contributed by atoms with Gasteiger partial charge in [0.1, 0.15) is 0 Å². The second-order valence-electron chi connectivity index (χ2n) is 4.20. The van der Waals surface area contributed by atoms with Gasteiger partial charge >= 0.3 is 5.97 Å². The smallest absolute Gasteiger partial charge is 0.341 e. The summed E-state index contributed by atoms with van der Waals surface area (Å²) >= 11 is 0. The molecule has 0 aliphatic rings. The molecule has 0 saturated carbocycles. The van der Waals surface area contributed by atoms with E-state index in [1.165, 1.54) is 6.92 Å². The molecule has 0 spiro atoms. The van der Waals surface area contributed by atoms with E-state index in [-0.39, 0.29) is 12.1 Å². The zero-order valence-electron chi connectivity index (χ0n) is 11.1. The van der Waals surface area contributed by atoms with Gasteiger partial charge < -0.3 is 10.1 Å². The van der Waals surface area contributed by atoms with Crippen LogP contribution in [0.2, 0.25) is 0 Å². The van der Waals surface area contributed by atoms with Crippen molar-refractivity contribution in [1.29, 1.82) is 0 Å². The van der Waals surface area contributed by atoms with Crippen molar-refractivity contribution in [2.45, 2.75) is 20.1 Å². The molecule has 18 heavy (non-hydrogen) atoms. The molecule has 98 valence electrons. The number of rotatable bonds is 4. The maximum Gasteiger partial charge on any atom is 0.341 e. The van der Waals surface area contributed by atoms with E-state index in [4.69, 9.17) is 4.74 Å². The lowest BCUT2D eigenvalue weighted by Gasteiger charge is -2.20. The largest absolute Gasteiger partial charge is 0.443 e. The van der Waals surface area contributed by atoms with Gasteiger partial charge in [-0.05, 0) is 33.2 Å². The summed E-state index contributed by atoms with van der Waals surface area (Å²) < 4.78 is 5.26. The van der Waals surface area contributed by atoms with E-state index in [9.17, 15) is 9.59 Å². The number of benzene rings is 1. The average molecular weight is 250 g/mol. The van der Waals surface area contributed by atoms with E-state index >= 15 is 0 Å². The van der Waals surface area contributed by atoms with Crippen molar-refractivity contribution >= 4 is 17.6 Å². The quantitative estimate of drug-likeness (QED) is 0.653. The Morgan fingerprint density at radius 1 is 1.28 bits per heavy atom. The van der Waals surface area contributed by atoms with Crippen LogP contribution in [0.15, 0.2) is 24.3 Å². The number of carbonyl (C=O) groups is 2. The Morgan fingerprint density at radius 2 is 1.89 bits per heavy atom. The fourth-order valence-electron chi connectivity index (χ4n) is 1.28. The monoisotopic (exact) mass is 250 g/mol. The minimum atomic E-state index is -0.458. The van der Waals surface area contributed by atoms with Crippen LogP contribution in [0, 0.1) is 0 Å². The summed E-state index contributed by atoms with van der Waals surface area (Å²) in [4.78, 5) is 24.8. The highest BCUT2D eigenvalue weighted by atomic mass is 16.6. The molecule has 0 aliphatic carbocycles. The van der Waals surface area contributed by atoms with Gasteiger partial charge in [0.2, 0.25) is 5.91 Å². The van der Waals surface area contributed by atoms with Crippen LogP contribution in [0.3, 0.4) is 0 Å². The molecule has 5 heteroatoms. The predicted octanol–water partition coefficient (Wildman–Crippen LogP) is 1.71. The minimum absolute atomic E-state index is 0.226. The lowest BCUT2D eigenvalue weighted by molar-refractivity contribution is -0.114. The van der Waals surface area contributed by atoms with Crippen LogP contribution in [0.1, 0.15) is 24.2 Å². The third-order valence-corrected chi connectivity index (χ3v) is 2.46. The van der Waals surface area contributed by atoms with Crippen LogP contribution in [0.25, 0.3) is 0 Å². The van der Waals surface area contributed by atoms with Crippen LogP contribution in [-0.2, 0) is 9.53 Å². The zero-order chi connectivity index (χ0) is 13.7. The van der Waals surface area contributed by atoms with Gasteiger partial charge in [-0.3, -0.25) is 9.69 Å². The summed E-state index contributed by atoms with van der Waals surface area (Å²) in [5.41, 5.74) is 0.808. The lowest BCUT2D eigenvalue weighted by Crippen LogP contribution is -2.30. The first-order valence-corrected chi connectivity index (χ1v) is 5.66. The van der Waals surface area contributed by atoms with E-state index in [2.05, 4.69) is 5.32 Å². The standard InChI is InChI=1S/C13H18N2O3/c1-9(16)14-12-8-6-5-7-11(12)13(17)18-10(2)15(3)4/h5-8,10H,1-4H3,(H,14,16). The van der Waals surface area contributed by atoms with Gasteiger partial charge in [-0.2, -0.15) is 0 Å². The number of nitrogens with zero attached hydrogens (tertiary/aromatic N) is 1. The zero-order valence-corrected chi connectivity index (χ0v) is 11.1. The number of para-hydroxylation sites is 1. The highest BCUT2D eigenvalue weighted by Crippen LogP contribution is 2.17. The fourth-order valence-corrected chi connectivity index (χ4v) is 1.28. The molecule has 0 radical (unpaired) electrons. The van der Waals surface area contributed by atoms with Crippen molar-refractivity contribution in [3.05, 3.63) is 29.8 Å². The van der Waals surface area contributed by atoms with Gasteiger partial charge in [-0.15, -0.1) is 0 Å². The van der Waals surface area contributed by atoms with Crippen molar-refractivity contribution in [1.82, 2.24) is 4.90 Å². The lowest BCUT2D eigenvalue weighted by atomic mass is 10.2. The predicted molar refractivity (Wildman–Crippen MR) is 69.3 cm³/mol. The number of anilines is 1. The first kappa shape index (κ1) is 14.2. The normalized spacial score (nSPS) is 12.1. The molecule has 0 aliphatic heterocycles. The molecule has 1 aromatic carbocycles. The second kappa shape index (κ2) is 6.16. The van der Waals surface area contributed by atoms with Crippen LogP contribution in [0.4, 0.5) is 5.69 Å². The van der Waals surface area contributed by atoms with E-state index in [1.807, 2.05) is 14.1 Å². The Kier molecular flexibility index (Phi) is 4.85. The van der Waals surface area contributed by atoms with E-state index < -0.39 is 5.97 Å². The highest BCUT2D eigenvalue weighted by molar-refractivity contribution is 6.00. The molecule has 0 saturated heterocycles. The molecule has 0 heterocycles. The van der Waals surface area contributed by atoms with Gasteiger partial charge in [-0.25, -0.2) is 4.79 Å². The van der Waals surface area contributed by atoms with Gasteiger partial charge in [0.05, 0.1) is 11.3 Å². The maximum absolute atomic E-state index is 12.0. The van der Waals surface area contributed by atoms with Crippen LogP contribution in [-0.4, -0.2) is 37.1 Å². The molecule has 1 amide bonds. The van der Waals surface area contributed by atoms with Gasteiger partial charge in [0.25, 0.3) is 0 Å². The second-order valence-corrected chi connectivity index (χ2v) is 4.20. The molecule has 0 bridgehead atoms. The number of amides is 1. The molecule has 1 atom stereocenters. The Balaban J connectivity index is 2.88. The van der Waals surface area contributed by atoms with Crippen molar-refractivity contribution in [3.63, 3.8) is 0 Å². The summed E-state index contributed by atoms with van der Waals surface area (Å²) in [6, 6.07) is 6.76. The summed E-state index contributed by atoms with van der Waals surface area (Å²) in [7, 11) is 3.63. The summed E-state index contributed by atoms with van der Waals surface area (Å²) in [5.74, 6) is -0.684. The molecule has 5 nitrogen and oxygen atoms in total. The molecule has 1 unspecified atom stereocenters. The van der Waals surface area contributed by atoms with Crippen LogP contribution < -0.4 is 5.32 Å². The maximum atomic E-state index is 12.0. The van der Waals surface area contributed by atoms with Crippen molar-refractivity contribution in [2.75, 3.05) is 19.4 Å². The van der Waals surface area contributed by atoms with E-state index in [0.717, 1.165) is 0 Å². The van der Waals surface area contributed by atoms with Crippen LogP contribution >= 0.6 is 0 Å². The number of ether oxygens (including phenoxy) is 1. The van der Waals surface area contributed by atoms with Gasteiger partial charge in [0, 0.05) is 6.92 Å². The first-order chi connectivity index (χ1) is 8.41. The summed E-state index contributed by atoms with van der Waals surface area (Å²) in [5, 5.41) is 2.60. The van der Waals surface area contributed by atoms with Crippen molar-refractivity contribution < 1.29 is 14.3 Å². The number of esters is 1. The molecular weight excluding hydrogens is 232 g/mol. The topological polar surface area (TPSA) is 58.6 Å². The minimum Gasteiger partial charge on any atom is -0.443 e. The summed E-state index contributed by atoms with van der Waals surface area (Å²) in [6.07, 6.45) is -0.331. The number of carbonyl (C=O) groups excluding carboxylic acids is 2. The molecular formula is C13H18N2O3. The van der Waals surface area contributed by atoms with E-state index in [1.54, 1.807) is 36.1 Å². The Morgan fingerprint density at radius 3 is 2.44 bits per heavy atom. The van der Waals surface area contributed by atoms with Crippen molar-refractivity contribution in [3.8, 4) is 0 Å². The Bertz CT molecular complexity index is 444. The fraction of sp³-hybridized carbons (Fsp3) is 0.385. The number of hydrogen-bond donors (Lipinski definition) is 1. The number of nitrogens with one attached hydrogen (secondary N) is 1. The Labute approximate surface area is 107 Å². The molecule has 1 aromatic rings. The third-order valence-electron chi connectivity index (χ3n) is 2.46. The average Bonchev–Trinajstić information content (AvgIpc) is 2.28. The van der Waals surface area contributed by atoms with E-state index in [0.29, 0.717) is 11.3 Å². The number of hydrogen-bond acceptors (Lipinski definition) is 4. The third kappa shape index (κ3) is 3.85. The van der Waals surface area contributed by atoms with Gasteiger partial charge in [-0.1, -0.05) is 12.1 Å². The highest BCUT2D eigenvalue weighted by Gasteiger charge is 2.16. The molecule has 0 aromatic heterocycles. The summed E-state index contributed by atoms with van der Waals surface area (Å²) in [6.45, 7) is 3.17. The molecule has 1 N–H and O–H groups in total. The first-order valence-electron chi connectivity index (χ1n) is 5.66. The molecule has 0 fully saturated rings. The van der Waals surface area contributed by atoms with Crippen LogP contribution in [0.5, 0.6) is 0 Å². The Hall–Kier alpha value is -1.88. The SMILES string of the molecule is CC(=O)Nc1ccccc1C(=O)OC(C)N(C)C. The van der Waals surface area contributed by atoms with Crippen molar-refractivity contribution in [2.24, 2.45) is 0 Å².